The molecular formula is C15H12O6. The molecule has 1 aliphatic rings. The van der Waals surface area contributed by atoms with Gasteiger partial charge in [-0.3, -0.25) is 4.79 Å². The van der Waals surface area contributed by atoms with Gasteiger partial charge in [-0.15, -0.1) is 0 Å². The summed E-state index contributed by atoms with van der Waals surface area (Å²) in [4.78, 5) is 23.6. The van der Waals surface area contributed by atoms with Gasteiger partial charge in [0.25, 0.3) is 0 Å². The van der Waals surface area contributed by atoms with Crippen LogP contribution in [0.1, 0.15) is 21.1 Å². The summed E-state index contributed by atoms with van der Waals surface area (Å²) >= 11 is 0. The van der Waals surface area contributed by atoms with Crippen LogP contribution in [0, 0.1) is 0 Å². The fraction of sp³-hybridized carbons (Fsp3) is 0.200. The van der Waals surface area contributed by atoms with Gasteiger partial charge in [-0.2, -0.15) is 0 Å². The Balaban J connectivity index is 1.77. The predicted octanol–water partition coefficient (Wildman–Crippen LogP) is 2.09. The molecule has 1 aromatic heterocycles. The van der Waals surface area contributed by atoms with Crippen molar-refractivity contribution in [1.29, 1.82) is 0 Å². The lowest BCUT2D eigenvalue weighted by Crippen LogP contribution is -2.36. The van der Waals surface area contributed by atoms with Gasteiger partial charge in [-0.05, 0) is 24.3 Å². The Bertz CT molecular complexity index is 687. The van der Waals surface area contributed by atoms with Crippen molar-refractivity contribution in [2.75, 3.05) is 13.7 Å². The summed E-state index contributed by atoms with van der Waals surface area (Å²) in [5, 5.41) is 0. The Hall–Kier alpha value is -2.76. The zero-order valence-corrected chi connectivity index (χ0v) is 11.2. The molecule has 0 radical (unpaired) electrons. The molecular weight excluding hydrogens is 276 g/mol. The van der Waals surface area contributed by atoms with Crippen molar-refractivity contribution in [3.8, 4) is 11.5 Å². The molecule has 0 spiro atoms. The summed E-state index contributed by atoms with van der Waals surface area (Å²) < 4.78 is 20.8. The number of rotatable bonds is 3. The van der Waals surface area contributed by atoms with E-state index in [0.29, 0.717) is 11.5 Å². The molecule has 2 aromatic rings. The second kappa shape index (κ2) is 5.32. The molecule has 1 aromatic carbocycles. The van der Waals surface area contributed by atoms with Crippen molar-refractivity contribution in [2.45, 2.75) is 6.10 Å². The van der Waals surface area contributed by atoms with Crippen LogP contribution in [0.4, 0.5) is 0 Å². The van der Waals surface area contributed by atoms with E-state index in [-0.39, 0.29) is 23.9 Å². The third kappa shape index (κ3) is 2.47. The van der Waals surface area contributed by atoms with Crippen LogP contribution in [-0.2, 0) is 4.74 Å². The summed E-state index contributed by atoms with van der Waals surface area (Å²) in [6.45, 7) is 0.0874. The first kappa shape index (κ1) is 13.2. The number of ketones is 1. The molecule has 0 saturated heterocycles. The highest BCUT2D eigenvalue weighted by molar-refractivity contribution is 5.98. The molecule has 21 heavy (non-hydrogen) atoms. The number of fused-ring (bicyclic) bond motifs is 1. The molecule has 6 nitrogen and oxygen atoms in total. The van der Waals surface area contributed by atoms with E-state index in [9.17, 15) is 9.59 Å². The summed E-state index contributed by atoms with van der Waals surface area (Å²) in [7, 11) is 1.24. The van der Waals surface area contributed by atoms with Crippen LogP contribution in [0.25, 0.3) is 0 Å². The molecule has 6 heteroatoms. The molecule has 0 N–H and O–H groups in total. The van der Waals surface area contributed by atoms with Gasteiger partial charge in [0.2, 0.25) is 11.5 Å². The van der Waals surface area contributed by atoms with Crippen LogP contribution in [0.3, 0.4) is 0 Å². The van der Waals surface area contributed by atoms with Crippen LogP contribution in [0.15, 0.2) is 40.8 Å². The lowest BCUT2D eigenvalue weighted by molar-refractivity contribution is 0.0531. The second-order valence-corrected chi connectivity index (χ2v) is 4.38. The summed E-state index contributed by atoms with van der Waals surface area (Å²) in [6.07, 6.45) is -0.809. The molecule has 0 aliphatic carbocycles. The monoisotopic (exact) mass is 288 g/mol. The van der Waals surface area contributed by atoms with E-state index in [4.69, 9.17) is 13.9 Å². The topological polar surface area (TPSA) is 75.0 Å². The molecule has 1 unspecified atom stereocenters. The first-order valence-electron chi connectivity index (χ1n) is 6.30. The van der Waals surface area contributed by atoms with E-state index < -0.39 is 12.1 Å². The molecule has 0 saturated carbocycles. The van der Waals surface area contributed by atoms with Crippen molar-refractivity contribution in [1.82, 2.24) is 0 Å². The highest BCUT2D eigenvalue weighted by Crippen LogP contribution is 2.31. The summed E-state index contributed by atoms with van der Waals surface area (Å²) in [5.41, 5.74) is 0. The van der Waals surface area contributed by atoms with Crippen LogP contribution < -0.4 is 9.47 Å². The molecule has 1 atom stereocenters. The van der Waals surface area contributed by atoms with E-state index >= 15 is 0 Å². The normalized spacial score (nSPS) is 16.3. The van der Waals surface area contributed by atoms with Gasteiger partial charge >= 0.3 is 5.97 Å². The molecule has 1 aliphatic heterocycles. The molecule has 0 bridgehead atoms. The zero-order chi connectivity index (χ0) is 14.8. The van der Waals surface area contributed by atoms with E-state index in [1.165, 1.54) is 19.2 Å². The van der Waals surface area contributed by atoms with Crippen molar-refractivity contribution in [3.05, 3.63) is 47.9 Å². The Morgan fingerprint density at radius 3 is 2.57 bits per heavy atom. The largest absolute Gasteiger partial charge is 0.485 e. The minimum absolute atomic E-state index is 0.0297. The lowest BCUT2D eigenvalue weighted by Gasteiger charge is -2.24. The van der Waals surface area contributed by atoms with E-state index in [0.717, 1.165) is 0 Å². The maximum absolute atomic E-state index is 12.3. The number of para-hydroxylation sites is 2. The van der Waals surface area contributed by atoms with E-state index in [1.807, 2.05) is 6.07 Å². The van der Waals surface area contributed by atoms with Gasteiger partial charge in [0.1, 0.15) is 6.61 Å². The molecule has 108 valence electrons. The number of benzene rings is 1. The highest BCUT2D eigenvalue weighted by Gasteiger charge is 2.30. The Morgan fingerprint density at radius 1 is 1.10 bits per heavy atom. The average Bonchev–Trinajstić information content (AvgIpc) is 3.03. The number of hydrogen-bond donors (Lipinski definition) is 0. The number of methoxy groups -OCH3 is 1. The molecule has 0 fully saturated rings. The number of hydrogen-bond acceptors (Lipinski definition) is 6. The number of carbonyl (C=O) groups is 2. The van der Waals surface area contributed by atoms with Crippen LogP contribution >= 0.6 is 0 Å². The van der Waals surface area contributed by atoms with Crippen molar-refractivity contribution in [2.24, 2.45) is 0 Å². The molecule has 0 amide bonds. The fourth-order valence-corrected chi connectivity index (χ4v) is 1.99. The quantitative estimate of drug-likeness (QED) is 0.636. The predicted molar refractivity (Wildman–Crippen MR) is 70.7 cm³/mol. The third-order valence-electron chi connectivity index (χ3n) is 3.04. The van der Waals surface area contributed by atoms with Crippen LogP contribution in [0.2, 0.25) is 0 Å². The van der Waals surface area contributed by atoms with Crippen molar-refractivity contribution < 1.29 is 28.2 Å². The maximum atomic E-state index is 12.3. The van der Waals surface area contributed by atoms with Gasteiger partial charge in [0.05, 0.1) is 7.11 Å². The summed E-state index contributed by atoms with van der Waals surface area (Å²) in [6, 6.07) is 9.89. The van der Waals surface area contributed by atoms with Gasteiger partial charge in [-0.25, -0.2) is 4.79 Å². The highest BCUT2D eigenvalue weighted by atomic mass is 16.6. The van der Waals surface area contributed by atoms with Crippen LogP contribution in [0.5, 0.6) is 11.5 Å². The minimum Gasteiger partial charge on any atom is -0.485 e. The number of Topliss-reactive ketones (excluding diaryl/α,β-unsaturated/α-hetero) is 1. The molecule has 2 heterocycles. The first-order valence-corrected chi connectivity index (χ1v) is 6.30. The van der Waals surface area contributed by atoms with Crippen molar-refractivity contribution in [3.63, 3.8) is 0 Å². The zero-order valence-electron chi connectivity index (χ0n) is 11.2. The smallest absolute Gasteiger partial charge is 0.373 e. The van der Waals surface area contributed by atoms with E-state index in [1.54, 1.807) is 18.2 Å². The number of esters is 1. The Kier molecular flexibility index (Phi) is 3.35. The fourth-order valence-electron chi connectivity index (χ4n) is 1.99. The number of carbonyl (C=O) groups excluding carboxylic acids is 2. The molecule has 3 rings (SSSR count). The van der Waals surface area contributed by atoms with Crippen LogP contribution in [-0.4, -0.2) is 31.6 Å². The van der Waals surface area contributed by atoms with E-state index in [2.05, 4.69) is 4.74 Å². The number of furan rings is 1. The Labute approximate surface area is 120 Å². The standard InChI is InChI=1S/C15H12O6/c1-18-15(17)12-7-6-11(21-12)14(16)13-8-19-9-4-2-3-5-10(9)20-13/h2-7,13H,8H2,1H3. The van der Waals surface area contributed by atoms with Gasteiger partial charge in [-0.1, -0.05) is 12.1 Å². The second-order valence-electron chi connectivity index (χ2n) is 4.38. The van der Waals surface area contributed by atoms with Gasteiger partial charge < -0.3 is 18.6 Å². The SMILES string of the molecule is COC(=O)c1ccc(C(=O)C2COc3ccccc3O2)o1. The minimum atomic E-state index is -0.809. The first-order chi connectivity index (χ1) is 10.2. The van der Waals surface area contributed by atoms with Crippen molar-refractivity contribution >= 4 is 11.8 Å². The maximum Gasteiger partial charge on any atom is 0.373 e. The summed E-state index contributed by atoms with van der Waals surface area (Å²) in [5.74, 6) is 0.0688. The lowest BCUT2D eigenvalue weighted by atomic mass is 10.1. The van der Waals surface area contributed by atoms with Gasteiger partial charge in [0.15, 0.2) is 23.4 Å². The average molecular weight is 288 g/mol. The third-order valence-corrected chi connectivity index (χ3v) is 3.04. The Morgan fingerprint density at radius 2 is 1.81 bits per heavy atom. The number of ether oxygens (including phenoxy) is 3. The van der Waals surface area contributed by atoms with Gasteiger partial charge in [0, 0.05) is 0 Å².